The van der Waals surface area contributed by atoms with Gasteiger partial charge in [0.05, 0.1) is 12.2 Å². The highest BCUT2D eigenvalue weighted by molar-refractivity contribution is 5.36. The highest BCUT2D eigenvalue weighted by atomic mass is 19.3. The van der Waals surface area contributed by atoms with E-state index in [1.165, 1.54) is 12.1 Å². The number of hydrogen-bond acceptors (Lipinski definition) is 4. The van der Waals surface area contributed by atoms with Crippen molar-refractivity contribution in [3.8, 4) is 0 Å². The number of hydrogen-bond donors (Lipinski definition) is 2. The van der Waals surface area contributed by atoms with E-state index < -0.39 is 25.1 Å². The lowest BCUT2D eigenvalue weighted by molar-refractivity contribution is -0.130. The Morgan fingerprint density at radius 3 is 1.44 bits per heavy atom. The number of fused-ring (bicyclic) bond motifs is 2. The van der Waals surface area contributed by atoms with Crippen LogP contribution in [0.4, 0.5) is 17.6 Å². The van der Waals surface area contributed by atoms with E-state index in [0.717, 1.165) is 38.8 Å². The number of rotatable bonds is 2. The number of ether oxygens (including phenoxy) is 2. The molecule has 4 aliphatic heterocycles. The topological polar surface area (TPSA) is 42.5 Å². The van der Waals surface area contributed by atoms with Crippen molar-refractivity contribution < 1.29 is 27.0 Å². The van der Waals surface area contributed by atoms with Gasteiger partial charge in [-0.15, -0.1) is 0 Å². The van der Waals surface area contributed by atoms with Crippen LogP contribution in [0.1, 0.15) is 60.1 Å². The summed E-state index contributed by atoms with van der Waals surface area (Å²) in [5.41, 5.74) is 1.54. The first-order chi connectivity index (χ1) is 16.4. The van der Waals surface area contributed by atoms with Gasteiger partial charge in [0.25, 0.3) is 11.8 Å². The van der Waals surface area contributed by atoms with E-state index in [9.17, 15) is 17.6 Å². The quantitative estimate of drug-likeness (QED) is 0.582. The van der Waals surface area contributed by atoms with Gasteiger partial charge in [-0.1, -0.05) is 48.5 Å². The summed E-state index contributed by atoms with van der Waals surface area (Å²) in [5.74, 6) is -5.71. The van der Waals surface area contributed by atoms with Crippen molar-refractivity contribution >= 4 is 0 Å². The van der Waals surface area contributed by atoms with Crippen LogP contribution in [0.3, 0.4) is 0 Å². The average Bonchev–Trinajstić information content (AvgIpc) is 3.55. The minimum Gasteiger partial charge on any atom is -0.365 e. The fourth-order valence-corrected chi connectivity index (χ4v) is 5.49. The van der Waals surface area contributed by atoms with E-state index in [2.05, 4.69) is 10.6 Å². The average molecular weight is 479 g/mol. The van der Waals surface area contributed by atoms with Crippen molar-refractivity contribution in [1.29, 1.82) is 0 Å². The molecule has 2 aromatic rings. The summed E-state index contributed by atoms with van der Waals surface area (Å²) < 4.78 is 65.6. The Morgan fingerprint density at radius 2 is 1.06 bits per heavy atom. The molecule has 0 saturated carbocycles. The first-order valence-corrected chi connectivity index (χ1v) is 12.0. The summed E-state index contributed by atoms with van der Waals surface area (Å²) in [6, 6.07) is 13.8. The highest BCUT2D eigenvalue weighted by Crippen LogP contribution is 2.43. The van der Waals surface area contributed by atoms with Gasteiger partial charge in [-0.3, -0.25) is 0 Å². The number of alkyl halides is 4. The minimum absolute atomic E-state index is 0.130. The van der Waals surface area contributed by atoms with E-state index >= 15 is 0 Å². The van der Waals surface area contributed by atoms with Crippen molar-refractivity contribution in [3.63, 3.8) is 0 Å². The van der Waals surface area contributed by atoms with Crippen LogP contribution in [0.15, 0.2) is 48.5 Å². The summed E-state index contributed by atoms with van der Waals surface area (Å²) in [6.45, 7) is 0.881. The third kappa shape index (κ3) is 4.61. The van der Waals surface area contributed by atoms with Gasteiger partial charge in [-0.25, -0.2) is 0 Å². The lowest BCUT2D eigenvalue weighted by Crippen LogP contribution is -2.38. The largest absolute Gasteiger partial charge is 0.365 e. The minimum atomic E-state index is -2.86. The standard InChI is InChI=1S/2C13H15F2NO/c2*14-13(15)8-17-12(11-6-3-7-16-11)9-4-1-2-5-10(9)13/h2*1-2,4-5,11-12,16H,3,6-8H2/t11-,12+;11-,12-/m00/s1. The molecule has 0 radical (unpaired) electrons. The summed E-state index contributed by atoms with van der Waals surface area (Å²) in [4.78, 5) is 0. The van der Waals surface area contributed by atoms with Gasteiger partial charge in [-0.05, 0) is 49.9 Å². The molecule has 0 unspecified atom stereocenters. The maximum Gasteiger partial charge on any atom is 0.296 e. The second-order valence-corrected chi connectivity index (χ2v) is 9.45. The van der Waals surface area contributed by atoms with Gasteiger partial charge in [0.15, 0.2) is 0 Å². The van der Waals surface area contributed by atoms with Gasteiger partial charge in [0.1, 0.15) is 13.2 Å². The molecule has 0 aliphatic carbocycles. The monoisotopic (exact) mass is 478 g/mol. The van der Waals surface area contributed by atoms with E-state index in [0.29, 0.717) is 11.1 Å². The molecule has 4 atom stereocenters. The van der Waals surface area contributed by atoms with Crippen LogP contribution in [0.25, 0.3) is 0 Å². The van der Waals surface area contributed by atoms with Crippen LogP contribution in [0.5, 0.6) is 0 Å². The smallest absolute Gasteiger partial charge is 0.296 e. The van der Waals surface area contributed by atoms with Gasteiger partial charge in [0, 0.05) is 23.2 Å². The number of benzene rings is 2. The second-order valence-electron chi connectivity index (χ2n) is 9.45. The molecule has 34 heavy (non-hydrogen) atoms. The van der Waals surface area contributed by atoms with Crippen LogP contribution in [0.2, 0.25) is 0 Å². The molecule has 0 spiro atoms. The SMILES string of the molecule is FC1(F)CO[C@@H]([C@@H]2CCCN2)c2ccccc21.FC1(F)CO[C@H]([C@@H]2CCCN2)c2ccccc21. The highest BCUT2D eigenvalue weighted by Gasteiger charge is 2.44. The Bertz CT molecular complexity index is 911. The van der Waals surface area contributed by atoms with E-state index in [4.69, 9.17) is 9.47 Å². The molecule has 4 heterocycles. The zero-order valence-electron chi connectivity index (χ0n) is 18.9. The summed E-state index contributed by atoms with van der Waals surface area (Å²) in [5, 5.41) is 6.65. The third-order valence-electron chi connectivity index (χ3n) is 7.14. The molecule has 2 N–H and O–H groups in total. The zero-order chi connectivity index (χ0) is 23.8. The molecule has 0 bridgehead atoms. The fourth-order valence-electron chi connectivity index (χ4n) is 5.49. The molecular formula is C26H30F4N2O2. The Hall–Kier alpha value is -2.00. The predicted octanol–water partition coefficient (Wildman–Crippen LogP) is 5.20. The normalized spacial score (nSPS) is 31.2. The van der Waals surface area contributed by atoms with E-state index in [-0.39, 0.29) is 35.4 Å². The maximum absolute atomic E-state index is 13.7. The van der Waals surface area contributed by atoms with Crippen molar-refractivity contribution in [2.24, 2.45) is 0 Å². The Kier molecular flexibility index (Phi) is 6.68. The summed E-state index contributed by atoms with van der Waals surface area (Å²) >= 11 is 0. The molecule has 4 aliphatic rings. The molecule has 2 fully saturated rings. The lowest BCUT2D eigenvalue weighted by atomic mass is 9.91. The molecule has 6 rings (SSSR count). The van der Waals surface area contributed by atoms with Crippen LogP contribution < -0.4 is 10.6 Å². The third-order valence-corrected chi connectivity index (χ3v) is 7.14. The number of nitrogens with one attached hydrogen (secondary N) is 2. The molecular weight excluding hydrogens is 448 g/mol. The Labute approximate surface area is 197 Å². The molecule has 2 saturated heterocycles. The van der Waals surface area contributed by atoms with Crippen molar-refractivity contribution in [2.45, 2.75) is 61.8 Å². The van der Waals surface area contributed by atoms with Gasteiger partial charge in [0.2, 0.25) is 0 Å². The lowest BCUT2D eigenvalue weighted by Gasteiger charge is -2.34. The molecule has 184 valence electrons. The zero-order valence-corrected chi connectivity index (χ0v) is 18.9. The summed E-state index contributed by atoms with van der Waals surface area (Å²) in [6.07, 6.45) is 3.70. The second kappa shape index (κ2) is 9.57. The van der Waals surface area contributed by atoms with Crippen molar-refractivity contribution in [3.05, 3.63) is 70.8 Å². The Morgan fingerprint density at radius 1 is 0.647 bits per heavy atom. The van der Waals surface area contributed by atoms with Crippen LogP contribution in [-0.2, 0) is 21.3 Å². The predicted molar refractivity (Wildman–Crippen MR) is 120 cm³/mol. The molecule has 4 nitrogen and oxygen atoms in total. The molecule has 0 amide bonds. The Balaban J connectivity index is 0.000000142. The van der Waals surface area contributed by atoms with E-state index in [1.807, 2.05) is 0 Å². The molecule has 8 heteroatoms. The fraction of sp³-hybridized carbons (Fsp3) is 0.538. The van der Waals surface area contributed by atoms with Crippen LogP contribution >= 0.6 is 0 Å². The first-order valence-electron chi connectivity index (χ1n) is 12.0. The van der Waals surface area contributed by atoms with Crippen molar-refractivity contribution in [2.75, 3.05) is 26.3 Å². The van der Waals surface area contributed by atoms with Gasteiger partial charge < -0.3 is 20.1 Å². The van der Waals surface area contributed by atoms with Gasteiger partial charge in [-0.2, -0.15) is 17.6 Å². The molecule has 0 aromatic heterocycles. The first kappa shape index (κ1) is 23.7. The van der Waals surface area contributed by atoms with Crippen LogP contribution in [-0.4, -0.2) is 38.4 Å². The van der Waals surface area contributed by atoms with E-state index in [1.54, 1.807) is 36.4 Å². The number of halogens is 4. The maximum atomic E-state index is 13.7. The van der Waals surface area contributed by atoms with Crippen molar-refractivity contribution in [1.82, 2.24) is 10.6 Å². The molecule has 2 aromatic carbocycles. The van der Waals surface area contributed by atoms with Crippen LogP contribution in [0, 0.1) is 0 Å². The summed E-state index contributed by atoms with van der Waals surface area (Å²) in [7, 11) is 0. The van der Waals surface area contributed by atoms with Gasteiger partial charge >= 0.3 is 0 Å².